The Kier molecular flexibility index (Phi) is 9.38. The Balaban J connectivity index is 0.000000878. The molecular weight excluding hydrogens is 439 g/mol. The van der Waals surface area contributed by atoms with E-state index >= 15 is 0 Å². The summed E-state index contributed by atoms with van der Waals surface area (Å²) in [4.78, 5) is 4.12. The fraction of sp³-hybridized carbons (Fsp3) is 0. The number of hydrogen-bond acceptors (Lipinski definition) is 2. The summed E-state index contributed by atoms with van der Waals surface area (Å²) >= 11 is -0.556. The van der Waals surface area contributed by atoms with E-state index in [-0.39, 0.29) is 11.5 Å². The molecule has 0 aromatic heterocycles. The van der Waals surface area contributed by atoms with E-state index in [0.29, 0.717) is 11.1 Å². The van der Waals surface area contributed by atoms with Gasteiger partial charge in [-0.05, 0) is 12.1 Å². The molecule has 0 spiro atoms. The molecule has 142 valence electrons. The number of aliphatic hydroxyl groups is 1. The molecule has 28 heavy (non-hydrogen) atoms. The van der Waals surface area contributed by atoms with Crippen molar-refractivity contribution in [3.8, 4) is 0 Å². The van der Waals surface area contributed by atoms with Gasteiger partial charge < -0.3 is 5.11 Å². The molecular formula is C21H15Cl2F2NOTi. The number of benzene rings is 3. The van der Waals surface area contributed by atoms with Crippen LogP contribution in [0.5, 0.6) is 0 Å². The molecule has 0 aliphatic heterocycles. The van der Waals surface area contributed by atoms with Crippen molar-refractivity contribution in [1.82, 2.24) is 0 Å². The molecule has 3 aromatic rings. The van der Waals surface area contributed by atoms with Crippen molar-refractivity contribution >= 4 is 35.8 Å². The van der Waals surface area contributed by atoms with Gasteiger partial charge in [-0.25, -0.2) is 13.8 Å². The van der Waals surface area contributed by atoms with Gasteiger partial charge in [0.2, 0.25) is 0 Å². The predicted molar refractivity (Wildman–Crippen MR) is 108 cm³/mol. The van der Waals surface area contributed by atoms with Gasteiger partial charge in [0.25, 0.3) is 0 Å². The summed E-state index contributed by atoms with van der Waals surface area (Å²) in [6, 6.07) is 21.4. The molecule has 0 heterocycles. The van der Waals surface area contributed by atoms with Crippen LogP contribution in [0.4, 0.5) is 14.5 Å². The van der Waals surface area contributed by atoms with Crippen molar-refractivity contribution in [2.24, 2.45) is 4.99 Å². The standard InChI is InChI=1S/C21H15F2NO.2ClH.Ti/c22-17-12-7-13-18(23)21(17)24-19(15-8-3-1-4-9-15)14-20(25)16-10-5-2-6-11-16;;;/h1-14,25H;2*1H;/q;;;+2/p-2/b20-14-,24-19?;;;. The van der Waals surface area contributed by atoms with E-state index in [1.54, 1.807) is 48.5 Å². The van der Waals surface area contributed by atoms with Crippen LogP contribution >= 0.6 is 18.6 Å². The second-order valence-corrected chi connectivity index (χ2v) is 7.98. The van der Waals surface area contributed by atoms with Crippen LogP contribution in [0.25, 0.3) is 5.76 Å². The zero-order chi connectivity index (χ0) is 20.4. The minimum atomic E-state index is -0.763. The molecule has 0 aliphatic rings. The van der Waals surface area contributed by atoms with Gasteiger partial charge in [0, 0.05) is 17.2 Å². The fourth-order valence-corrected chi connectivity index (χ4v) is 2.33. The van der Waals surface area contributed by atoms with Gasteiger partial charge in [-0.3, -0.25) is 0 Å². The monoisotopic (exact) mass is 453 g/mol. The number of aliphatic hydroxyl groups excluding tert-OH is 1. The first-order valence-corrected chi connectivity index (χ1v) is 12.4. The second-order valence-electron chi connectivity index (χ2n) is 5.40. The Morgan fingerprint density at radius 1 is 0.786 bits per heavy atom. The Morgan fingerprint density at radius 2 is 1.25 bits per heavy atom. The summed E-state index contributed by atoms with van der Waals surface area (Å²) in [5, 5.41) is 10.4. The number of aliphatic imine (C=N–C) groups is 1. The summed E-state index contributed by atoms with van der Waals surface area (Å²) in [7, 11) is 9.78. The molecule has 7 heteroatoms. The fourth-order valence-electron chi connectivity index (χ4n) is 2.33. The molecule has 3 aromatic carbocycles. The number of halogens is 4. The van der Waals surface area contributed by atoms with Crippen molar-refractivity contribution < 1.29 is 30.9 Å². The van der Waals surface area contributed by atoms with Crippen LogP contribution < -0.4 is 0 Å². The zero-order valence-electron chi connectivity index (χ0n) is 14.5. The molecule has 0 saturated carbocycles. The van der Waals surface area contributed by atoms with Gasteiger partial charge in [0.05, 0.1) is 5.71 Å². The third-order valence-corrected chi connectivity index (χ3v) is 3.58. The summed E-state index contributed by atoms with van der Waals surface area (Å²) in [5.74, 6) is -1.57. The summed E-state index contributed by atoms with van der Waals surface area (Å²) < 4.78 is 27.9. The van der Waals surface area contributed by atoms with Crippen LogP contribution in [-0.2, 0) is 17.0 Å². The summed E-state index contributed by atoms with van der Waals surface area (Å²) in [6.45, 7) is 0. The summed E-state index contributed by atoms with van der Waals surface area (Å²) in [5.41, 5.74) is 1.08. The molecule has 0 atom stereocenters. The molecule has 0 aliphatic carbocycles. The number of rotatable bonds is 4. The van der Waals surface area contributed by atoms with E-state index in [1.165, 1.54) is 12.1 Å². The first-order chi connectivity index (χ1) is 13.6. The van der Waals surface area contributed by atoms with Crippen LogP contribution in [0.15, 0.2) is 89.9 Å². The quantitative estimate of drug-likeness (QED) is 0.256. The van der Waals surface area contributed by atoms with Crippen molar-refractivity contribution in [1.29, 1.82) is 0 Å². The van der Waals surface area contributed by atoms with Gasteiger partial charge in [0.15, 0.2) is 11.6 Å². The predicted octanol–water partition coefficient (Wildman–Crippen LogP) is 7.06. The van der Waals surface area contributed by atoms with E-state index in [1.807, 2.05) is 12.1 Å². The van der Waals surface area contributed by atoms with Crippen LogP contribution in [0.2, 0.25) is 0 Å². The van der Waals surface area contributed by atoms with E-state index in [2.05, 4.69) is 4.99 Å². The van der Waals surface area contributed by atoms with Crippen LogP contribution in [0.1, 0.15) is 11.1 Å². The number of allylic oxidation sites excluding steroid dienone is 1. The molecule has 0 radical (unpaired) electrons. The van der Waals surface area contributed by atoms with E-state index in [4.69, 9.17) is 18.6 Å². The summed E-state index contributed by atoms with van der Waals surface area (Å²) in [6.07, 6.45) is 1.40. The molecule has 3 rings (SSSR count). The Labute approximate surface area is 178 Å². The van der Waals surface area contributed by atoms with Crippen molar-refractivity contribution in [3.05, 3.63) is 108 Å². The van der Waals surface area contributed by atoms with Gasteiger partial charge in [-0.15, -0.1) is 0 Å². The second kappa shape index (κ2) is 11.8. The molecule has 2 nitrogen and oxygen atoms in total. The molecule has 0 amide bonds. The van der Waals surface area contributed by atoms with Gasteiger partial charge in [-0.1, -0.05) is 66.7 Å². The molecule has 0 fully saturated rings. The third kappa shape index (κ3) is 6.57. The van der Waals surface area contributed by atoms with E-state index in [0.717, 1.165) is 12.1 Å². The van der Waals surface area contributed by atoms with Gasteiger partial charge >= 0.3 is 35.6 Å². The molecule has 0 bridgehead atoms. The van der Waals surface area contributed by atoms with E-state index in [9.17, 15) is 13.9 Å². The van der Waals surface area contributed by atoms with E-state index < -0.39 is 34.4 Å². The maximum absolute atomic E-state index is 14.0. The van der Waals surface area contributed by atoms with Gasteiger partial charge in [0.1, 0.15) is 11.4 Å². The first kappa shape index (κ1) is 22.3. The average Bonchev–Trinajstić information content (AvgIpc) is 2.72. The minimum absolute atomic E-state index is 0.0417. The molecule has 0 unspecified atom stereocenters. The van der Waals surface area contributed by atoms with Gasteiger partial charge in [-0.2, -0.15) is 0 Å². The normalized spacial score (nSPS) is 11.4. The Bertz CT molecular complexity index is 931. The first-order valence-electron chi connectivity index (χ1n) is 8.07. The number of para-hydroxylation sites is 1. The third-order valence-electron chi connectivity index (χ3n) is 3.58. The SMILES string of the molecule is O/C(=C\C(=Nc1c(F)cccc1F)c1ccccc1)c1ccccc1.[Cl][Ti][Cl]. The number of nitrogens with zero attached hydrogens (tertiary/aromatic N) is 1. The van der Waals surface area contributed by atoms with Crippen LogP contribution in [-0.4, -0.2) is 10.8 Å². The average molecular weight is 454 g/mol. The Hall–Kier alpha value is -1.98. The van der Waals surface area contributed by atoms with Crippen molar-refractivity contribution in [3.63, 3.8) is 0 Å². The molecule has 1 N–H and O–H groups in total. The van der Waals surface area contributed by atoms with Crippen molar-refractivity contribution in [2.75, 3.05) is 0 Å². The topological polar surface area (TPSA) is 32.6 Å². The van der Waals surface area contributed by atoms with Crippen molar-refractivity contribution in [2.45, 2.75) is 0 Å². The van der Waals surface area contributed by atoms with Crippen LogP contribution in [0.3, 0.4) is 0 Å². The molecule has 0 saturated heterocycles. The maximum atomic E-state index is 14.0. The number of hydrogen-bond donors (Lipinski definition) is 1. The Morgan fingerprint density at radius 3 is 1.75 bits per heavy atom. The zero-order valence-corrected chi connectivity index (χ0v) is 17.6. The van der Waals surface area contributed by atoms with Crippen LogP contribution in [0, 0.1) is 11.6 Å².